The highest BCUT2D eigenvalue weighted by atomic mass is 16.3. The monoisotopic (exact) mass is 296 g/mol. The number of aliphatic hydroxyl groups excluding tert-OH is 1. The minimum Gasteiger partial charge on any atom is -0.392 e. The van der Waals surface area contributed by atoms with Crippen LogP contribution in [0, 0.1) is 6.92 Å². The van der Waals surface area contributed by atoms with Crippen molar-refractivity contribution in [3.05, 3.63) is 41.5 Å². The van der Waals surface area contributed by atoms with E-state index in [9.17, 15) is 5.11 Å². The highest BCUT2D eigenvalue weighted by Crippen LogP contribution is 2.33. The van der Waals surface area contributed by atoms with Gasteiger partial charge in [0.15, 0.2) is 5.65 Å². The quantitative estimate of drug-likeness (QED) is 0.804. The minimum absolute atomic E-state index is 0.0350. The van der Waals surface area contributed by atoms with E-state index in [4.69, 9.17) is 4.98 Å². The molecule has 22 heavy (non-hydrogen) atoms. The van der Waals surface area contributed by atoms with Crippen molar-refractivity contribution in [2.45, 2.75) is 40.3 Å². The highest BCUT2D eigenvalue weighted by Gasteiger charge is 2.18. The summed E-state index contributed by atoms with van der Waals surface area (Å²) in [5, 5.41) is 15.3. The van der Waals surface area contributed by atoms with Crippen LogP contribution < -0.4 is 0 Å². The summed E-state index contributed by atoms with van der Waals surface area (Å²) in [6.45, 7) is 6.85. The maximum atomic E-state index is 9.90. The molecule has 0 aliphatic carbocycles. The van der Waals surface area contributed by atoms with Gasteiger partial charge in [-0.15, -0.1) is 0 Å². The molecule has 0 saturated carbocycles. The molecule has 3 aromatic heterocycles. The van der Waals surface area contributed by atoms with Crippen molar-refractivity contribution in [2.75, 3.05) is 0 Å². The van der Waals surface area contributed by atoms with E-state index in [1.807, 2.05) is 37.1 Å². The van der Waals surface area contributed by atoms with Crippen LogP contribution in [0.3, 0.4) is 0 Å². The van der Waals surface area contributed by atoms with E-state index in [1.165, 1.54) is 0 Å². The van der Waals surface area contributed by atoms with Crippen molar-refractivity contribution in [3.8, 4) is 11.1 Å². The van der Waals surface area contributed by atoms with Crippen LogP contribution in [0.2, 0.25) is 0 Å². The molecule has 5 heteroatoms. The second-order valence-corrected chi connectivity index (χ2v) is 5.37. The Kier molecular flexibility index (Phi) is 3.90. The molecule has 5 nitrogen and oxygen atoms in total. The Bertz CT molecular complexity index is 823. The van der Waals surface area contributed by atoms with Gasteiger partial charge in [-0.3, -0.25) is 4.98 Å². The summed E-state index contributed by atoms with van der Waals surface area (Å²) in [5.41, 5.74) is 5.75. The lowest BCUT2D eigenvalue weighted by atomic mass is 9.96. The van der Waals surface area contributed by atoms with Crippen molar-refractivity contribution < 1.29 is 5.11 Å². The largest absolute Gasteiger partial charge is 0.392 e. The van der Waals surface area contributed by atoms with Gasteiger partial charge in [-0.1, -0.05) is 6.92 Å². The second kappa shape index (κ2) is 5.85. The smallest absolute Gasteiger partial charge is 0.158 e. The summed E-state index contributed by atoms with van der Waals surface area (Å²) in [7, 11) is 0. The van der Waals surface area contributed by atoms with Gasteiger partial charge in [0.25, 0.3) is 0 Å². The van der Waals surface area contributed by atoms with Crippen LogP contribution in [0.15, 0.2) is 24.7 Å². The van der Waals surface area contributed by atoms with E-state index in [-0.39, 0.29) is 6.61 Å². The molecular weight excluding hydrogens is 276 g/mol. The molecule has 0 fully saturated rings. The summed E-state index contributed by atoms with van der Waals surface area (Å²) < 4.78 is 1.89. The zero-order valence-electron chi connectivity index (χ0n) is 13.2. The molecular formula is C17H20N4O. The average molecular weight is 296 g/mol. The molecule has 1 N–H and O–H groups in total. The van der Waals surface area contributed by atoms with Crippen LogP contribution in [0.5, 0.6) is 0 Å². The fourth-order valence-electron chi connectivity index (χ4n) is 2.89. The predicted octanol–water partition coefficient (Wildman–Crippen LogP) is 2.88. The molecule has 0 aliphatic heterocycles. The first-order valence-corrected chi connectivity index (χ1v) is 7.59. The first kappa shape index (κ1) is 14.7. The normalized spacial score (nSPS) is 11.3. The van der Waals surface area contributed by atoms with Crippen LogP contribution in [-0.2, 0) is 19.6 Å². The lowest BCUT2D eigenvalue weighted by Gasteiger charge is -2.14. The molecule has 3 heterocycles. The van der Waals surface area contributed by atoms with Crippen molar-refractivity contribution in [1.29, 1.82) is 0 Å². The fraction of sp³-hybridized carbons (Fsp3) is 0.353. The number of nitrogens with zero attached hydrogens (tertiary/aromatic N) is 4. The Morgan fingerprint density at radius 2 is 2.00 bits per heavy atom. The number of fused-ring (bicyclic) bond motifs is 1. The van der Waals surface area contributed by atoms with Gasteiger partial charge in [0.1, 0.15) is 0 Å². The van der Waals surface area contributed by atoms with Crippen LogP contribution >= 0.6 is 0 Å². The first-order valence-electron chi connectivity index (χ1n) is 7.59. The Hall–Kier alpha value is -2.27. The third-order valence-corrected chi connectivity index (χ3v) is 3.93. The molecule has 3 aromatic rings. The van der Waals surface area contributed by atoms with Crippen LogP contribution in [0.4, 0.5) is 0 Å². The van der Waals surface area contributed by atoms with Crippen molar-refractivity contribution in [1.82, 2.24) is 19.7 Å². The lowest BCUT2D eigenvalue weighted by Crippen LogP contribution is -2.04. The SMILES string of the molecule is CCc1nc2c(cnn2CC)c(-c2cncc(C)c2)c1CO. The van der Waals surface area contributed by atoms with Crippen LogP contribution in [0.1, 0.15) is 30.7 Å². The summed E-state index contributed by atoms with van der Waals surface area (Å²) in [6, 6.07) is 2.09. The number of hydrogen-bond acceptors (Lipinski definition) is 4. The van der Waals surface area contributed by atoms with Gasteiger partial charge >= 0.3 is 0 Å². The highest BCUT2D eigenvalue weighted by molar-refractivity contribution is 5.94. The standard InChI is InChI=1S/C17H20N4O/c1-4-15-14(10-22)16(12-6-11(3)7-18-8-12)13-9-19-21(5-2)17(13)20-15/h6-9,22H,4-5,10H2,1-3H3. The van der Waals surface area contributed by atoms with Gasteiger partial charge in [-0.2, -0.15) is 5.10 Å². The molecule has 0 saturated heterocycles. The van der Waals surface area contributed by atoms with Crippen LogP contribution in [0.25, 0.3) is 22.2 Å². The van der Waals surface area contributed by atoms with Gasteiger partial charge in [0.05, 0.1) is 12.8 Å². The molecule has 0 amide bonds. The van der Waals surface area contributed by atoms with E-state index in [2.05, 4.69) is 23.1 Å². The van der Waals surface area contributed by atoms with E-state index in [1.54, 1.807) is 0 Å². The fourth-order valence-corrected chi connectivity index (χ4v) is 2.89. The molecule has 0 atom stereocenters. The predicted molar refractivity (Wildman–Crippen MR) is 86.5 cm³/mol. The number of aliphatic hydroxyl groups is 1. The number of rotatable bonds is 4. The molecule has 114 valence electrons. The number of hydrogen-bond donors (Lipinski definition) is 1. The summed E-state index contributed by atoms with van der Waals surface area (Å²) in [4.78, 5) is 9.02. The third-order valence-electron chi connectivity index (χ3n) is 3.93. The lowest BCUT2D eigenvalue weighted by molar-refractivity contribution is 0.281. The Labute approximate surface area is 129 Å². The van der Waals surface area contributed by atoms with Gasteiger partial charge in [-0.05, 0) is 31.9 Å². The molecule has 0 aromatic carbocycles. The molecule has 0 spiro atoms. The zero-order valence-corrected chi connectivity index (χ0v) is 13.2. The molecule has 0 bridgehead atoms. The third kappa shape index (κ3) is 2.27. The van der Waals surface area contributed by atoms with E-state index >= 15 is 0 Å². The zero-order chi connectivity index (χ0) is 15.7. The van der Waals surface area contributed by atoms with Crippen molar-refractivity contribution in [3.63, 3.8) is 0 Å². The molecule has 0 aliphatic rings. The Balaban J connectivity index is 2.41. The first-order chi connectivity index (χ1) is 10.7. The molecule has 3 rings (SSSR count). The Morgan fingerprint density at radius 3 is 2.64 bits per heavy atom. The Morgan fingerprint density at radius 1 is 1.18 bits per heavy atom. The summed E-state index contributed by atoms with van der Waals surface area (Å²) in [6.07, 6.45) is 6.27. The minimum atomic E-state index is -0.0350. The number of aryl methyl sites for hydroxylation is 3. The number of pyridine rings is 2. The van der Waals surface area contributed by atoms with Crippen LogP contribution in [-0.4, -0.2) is 24.9 Å². The van der Waals surface area contributed by atoms with Gasteiger partial charge in [-0.25, -0.2) is 9.67 Å². The van der Waals surface area contributed by atoms with Gasteiger partial charge in [0.2, 0.25) is 0 Å². The number of aromatic nitrogens is 4. The summed E-state index contributed by atoms with van der Waals surface area (Å²) in [5.74, 6) is 0. The van der Waals surface area contributed by atoms with E-state index in [0.717, 1.165) is 51.9 Å². The maximum absolute atomic E-state index is 9.90. The average Bonchev–Trinajstić information content (AvgIpc) is 2.95. The topological polar surface area (TPSA) is 63.8 Å². The van der Waals surface area contributed by atoms with Crippen molar-refractivity contribution >= 4 is 11.0 Å². The molecule has 0 radical (unpaired) electrons. The molecule has 0 unspecified atom stereocenters. The summed E-state index contributed by atoms with van der Waals surface area (Å²) >= 11 is 0. The van der Waals surface area contributed by atoms with E-state index in [0.29, 0.717) is 0 Å². The van der Waals surface area contributed by atoms with Gasteiger partial charge in [0, 0.05) is 46.7 Å². The van der Waals surface area contributed by atoms with Crippen molar-refractivity contribution in [2.24, 2.45) is 0 Å². The maximum Gasteiger partial charge on any atom is 0.158 e. The van der Waals surface area contributed by atoms with Gasteiger partial charge < -0.3 is 5.11 Å². The second-order valence-electron chi connectivity index (χ2n) is 5.37. The van der Waals surface area contributed by atoms with E-state index < -0.39 is 0 Å².